The van der Waals surface area contributed by atoms with Gasteiger partial charge in [0.1, 0.15) is 5.82 Å². The van der Waals surface area contributed by atoms with Crippen LogP contribution < -0.4 is 4.90 Å². The molecule has 4 nitrogen and oxygen atoms in total. The summed E-state index contributed by atoms with van der Waals surface area (Å²) in [7, 11) is 0. The second kappa shape index (κ2) is 5.56. The maximum Gasteiger partial charge on any atom is 0.310 e. The summed E-state index contributed by atoms with van der Waals surface area (Å²) < 4.78 is 0. The lowest BCUT2D eigenvalue weighted by Crippen LogP contribution is -2.50. The highest BCUT2D eigenvalue weighted by molar-refractivity contribution is 5.74. The molecule has 1 fully saturated rings. The van der Waals surface area contributed by atoms with Gasteiger partial charge in [0.05, 0.1) is 5.92 Å². The van der Waals surface area contributed by atoms with Crippen molar-refractivity contribution in [2.24, 2.45) is 5.92 Å². The van der Waals surface area contributed by atoms with E-state index in [0.717, 1.165) is 12.2 Å². The molecule has 1 aliphatic rings. The molecule has 0 saturated carbocycles. The third-order valence-electron chi connectivity index (χ3n) is 3.85. The molecule has 4 heteroatoms. The fraction of sp³-hybridized carbons (Fsp3) is 0.294. The standard InChI is InChI=1S/C17H18N2O2/c1-12-3-2-4-13(7-12)8-14-5-6-16(18-9-14)19-10-15(11-19)17(20)21/h2-7,9,15H,8,10-11H2,1H3,(H,20,21). The number of carbonyl (C=O) groups is 1. The molecule has 0 bridgehead atoms. The Balaban J connectivity index is 1.64. The first-order valence-corrected chi connectivity index (χ1v) is 7.10. The van der Waals surface area contributed by atoms with Crippen molar-refractivity contribution in [2.75, 3.05) is 18.0 Å². The molecule has 0 radical (unpaired) electrons. The maximum atomic E-state index is 10.8. The largest absolute Gasteiger partial charge is 0.481 e. The molecule has 108 valence electrons. The van der Waals surface area contributed by atoms with Crippen molar-refractivity contribution in [1.29, 1.82) is 0 Å². The van der Waals surface area contributed by atoms with Gasteiger partial charge < -0.3 is 10.0 Å². The number of anilines is 1. The van der Waals surface area contributed by atoms with Crippen LogP contribution in [0.2, 0.25) is 0 Å². The first kappa shape index (κ1) is 13.6. The number of carboxylic acid groups (broad SMARTS) is 1. The van der Waals surface area contributed by atoms with Crippen LogP contribution in [0.4, 0.5) is 5.82 Å². The lowest BCUT2D eigenvalue weighted by Gasteiger charge is -2.37. The number of nitrogens with zero attached hydrogens (tertiary/aromatic N) is 2. The van der Waals surface area contributed by atoms with E-state index in [1.807, 2.05) is 17.2 Å². The molecule has 1 aliphatic heterocycles. The number of aliphatic carboxylic acids is 1. The molecule has 1 aromatic heterocycles. The van der Waals surface area contributed by atoms with Gasteiger partial charge in [0.25, 0.3) is 0 Å². The number of hydrogen-bond acceptors (Lipinski definition) is 3. The van der Waals surface area contributed by atoms with E-state index in [0.29, 0.717) is 13.1 Å². The van der Waals surface area contributed by atoms with E-state index >= 15 is 0 Å². The highest BCUT2D eigenvalue weighted by Gasteiger charge is 2.33. The zero-order chi connectivity index (χ0) is 14.8. The first-order valence-electron chi connectivity index (χ1n) is 7.10. The van der Waals surface area contributed by atoms with Crippen molar-refractivity contribution >= 4 is 11.8 Å². The van der Waals surface area contributed by atoms with Gasteiger partial charge in [-0.25, -0.2) is 4.98 Å². The highest BCUT2D eigenvalue weighted by Crippen LogP contribution is 2.23. The SMILES string of the molecule is Cc1cccc(Cc2ccc(N3CC(C(=O)O)C3)nc2)c1. The molecule has 0 unspecified atom stereocenters. The van der Waals surface area contributed by atoms with E-state index in [4.69, 9.17) is 5.11 Å². The molecule has 2 aromatic rings. The summed E-state index contributed by atoms with van der Waals surface area (Å²) in [6, 6.07) is 12.5. The summed E-state index contributed by atoms with van der Waals surface area (Å²) >= 11 is 0. The summed E-state index contributed by atoms with van der Waals surface area (Å²) in [5.41, 5.74) is 3.71. The van der Waals surface area contributed by atoms with Crippen molar-refractivity contribution in [3.8, 4) is 0 Å². The average molecular weight is 282 g/mol. The molecule has 0 aliphatic carbocycles. The lowest BCUT2D eigenvalue weighted by atomic mass is 10.0. The molecule has 0 spiro atoms. The topological polar surface area (TPSA) is 53.4 Å². The van der Waals surface area contributed by atoms with Gasteiger partial charge in [0, 0.05) is 19.3 Å². The van der Waals surface area contributed by atoms with Crippen LogP contribution in [0.1, 0.15) is 16.7 Å². The Morgan fingerprint density at radius 2 is 2.10 bits per heavy atom. The van der Waals surface area contributed by atoms with Crippen molar-refractivity contribution in [3.05, 3.63) is 59.3 Å². The predicted octanol–water partition coefficient (Wildman–Crippen LogP) is 2.50. The van der Waals surface area contributed by atoms with Crippen LogP contribution in [0, 0.1) is 12.8 Å². The monoisotopic (exact) mass is 282 g/mol. The number of aryl methyl sites for hydroxylation is 1. The fourth-order valence-electron chi connectivity index (χ4n) is 2.59. The van der Waals surface area contributed by atoms with Gasteiger partial charge >= 0.3 is 5.97 Å². The number of rotatable bonds is 4. The Morgan fingerprint density at radius 1 is 1.29 bits per heavy atom. The molecule has 3 rings (SSSR count). The molecular formula is C17H18N2O2. The van der Waals surface area contributed by atoms with Crippen LogP contribution >= 0.6 is 0 Å². The Hall–Kier alpha value is -2.36. The predicted molar refractivity (Wildman–Crippen MR) is 81.6 cm³/mol. The van der Waals surface area contributed by atoms with Crippen LogP contribution in [0.3, 0.4) is 0 Å². The van der Waals surface area contributed by atoms with E-state index in [2.05, 4.69) is 42.2 Å². The van der Waals surface area contributed by atoms with Gasteiger partial charge in [-0.05, 0) is 30.5 Å². The summed E-state index contributed by atoms with van der Waals surface area (Å²) in [5, 5.41) is 8.88. The minimum atomic E-state index is -0.720. The number of aromatic nitrogens is 1. The van der Waals surface area contributed by atoms with E-state index in [1.165, 1.54) is 16.7 Å². The molecule has 0 amide bonds. The number of carboxylic acids is 1. The highest BCUT2D eigenvalue weighted by atomic mass is 16.4. The Morgan fingerprint density at radius 3 is 2.71 bits per heavy atom. The van der Waals surface area contributed by atoms with Crippen molar-refractivity contribution < 1.29 is 9.90 Å². The van der Waals surface area contributed by atoms with Gasteiger partial charge in [-0.15, -0.1) is 0 Å². The Bertz CT molecular complexity index is 646. The van der Waals surface area contributed by atoms with Crippen molar-refractivity contribution in [1.82, 2.24) is 4.98 Å². The summed E-state index contributed by atoms with van der Waals surface area (Å²) in [6.45, 7) is 3.20. The lowest BCUT2D eigenvalue weighted by molar-refractivity contribution is -0.142. The van der Waals surface area contributed by atoms with Gasteiger partial charge in [-0.2, -0.15) is 0 Å². The van der Waals surface area contributed by atoms with Gasteiger partial charge in [-0.3, -0.25) is 4.79 Å². The van der Waals surface area contributed by atoms with E-state index in [1.54, 1.807) is 0 Å². The minimum absolute atomic E-state index is 0.251. The first-order chi connectivity index (χ1) is 10.1. The van der Waals surface area contributed by atoms with Crippen molar-refractivity contribution in [2.45, 2.75) is 13.3 Å². The van der Waals surface area contributed by atoms with E-state index < -0.39 is 5.97 Å². The number of benzene rings is 1. The van der Waals surface area contributed by atoms with Gasteiger partial charge in [-0.1, -0.05) is 35.9 Å². The quantitative estimate of drug-likeness (QED) is 0.936. The molecule has 1 saturated heterocycles. The maximum absolute atomic E-state index is 10.8. The number of pyridine rings is 1. The van der Waals surface area contributed by atoms with Gasteiger partial charge in [0.15, 0.2) is 0 Å². The molecule has 1 N–H and O–H groups in total. The normalized spacial score (nSPS) is 14.8. The van der Waals surface area contributed by atoms with Gasteiger partial charge in [0.2, 0.25) is 0 Å². The zero-order valence-corrected chi connectivity index (χ0v) is 12.0. The van der Waals surface area contributed by atoms with Crippen LogP contribution in [0.15, 0.2) is 42.6 Å². The van der Waals surface area contributed by atoms with Crippen molar-refractivity contribution in [3.63, 3.8) is 0 Å². The van der Waals surface area contributed by atoms with E-state index in [9.17, 15) is 4.79 Å². The second-order valence-corrected chi connectivity index (χ2v) is 5.63. The molecule has 21 heavy (non-hydrogen) atoms. The third kappa shape index (κ3) is 3.05. The molecule has 1 aromatic carbocycles. The summed E-state index contributed by atoms with van der Waals surface area (Å²) in [5.74, 6) is -0.110. The third-order valence-corrected chi connectivity index (χ3v) is 3.85. The molecular weight excluding hydrogens is 264 g/mol. The van der Waals surface area contributed by atoms with Crippen LogP contribution in [-0.2, 0) is 11.2 Å². The molecule has 0 atom stereocenters. The minimum Gasteiger partial charge on any atom is -0.481 e. The Labute approximate surface area is 124 Å². The molecule has 2 heterocycles. The fourth-order valence-corrected chi connectivity index (χ4v) is 2.59. The smallest absolute Gasteiger partial charge is 0.310 e. The summed E-state index contributed by atoms with van der Waals surface area (Å²) in [6.07, 6.45) is 2.75. The zero-order valence-electron chi connectivity index (χ0n) is 12.0. The number of hydrogen-bond donors (Lipinski definition) is 1. The second-order valence-electron chi connectivity index (χ2n) is 5.63. The van der Waals surface area contributed by atoms with Crippen LogP contribution in [0.25, 0.3) is 0 Å². The van der Waals surface area contributed by atoms with Crippen LogP contribution in [-0.4, -0.2) is 29.1 Å². The average Bonchev–Trinajstić information content (AvgIpc) is 2.38. The van der Waals surface area contributed by atoms with Crippen LogP contribution in [0.5, 0.6) is 0 Å². The van der Waals surface area contributed by atoms with E-state index in [-0.39, 0.29) is 5.92 Å². The Kier molecular flexibility index (Phi) is 3.60. The summed E-state index contributed by atoms with van der Waals surface area (Å²) in [4.78, 5) is 17.2.